The van der Waals surface area contributed by atoms with Gasteiger partial charge in [-0.2, -0.15) is 15.4 Å². The van der Waals surface area contributed by atoms with Crippen molar-refractivity contribution < 1.29 is 9.53 Å². The zero-order chi connectivity index (χ0) is 36.7. The Kier molecular flexibility index (Phi) is 9.88. The first-order valence-corrected chi connectivity index (χ1v) is 21.1. The molecule has 2 aromatic carbocycles. The monoisotopic (exact) mass is 718 g/mol. The van der Waals surface area contributed by atoms with E-state index in [1.165, 1.54) is 5.56 Å². The van der Waals surface area contributed by atoms with E-state index in [4.69, 9.17) is 15.3 Å². The number of benzene rings is 2. The smallest absolute Gasteiger partial charge is 0.258 e. The molecule has 2 bridgehead atoms. The first-order valence-electron chi connectivity index (χ1n) is 18.9. The highest BCUT2D eigenvalue weighted by atomic mass is 28.4. The molecule has 3 saturated carbocycles. The normalized spacial score (nSPS) is 22.3. The number of nitrogens with two attached hydrogens (primary N) is 1. The van der Waals surface area contributed by atoms with Crippen LogP contribution in [0.4, 0.5) is 5.82 Å². The van der Waals surface area contributed by atoms with Crippen LogP contribution in [0.25, 0.3) is 16.7 Å². The van der Waals surface area contributed by atoms with Crippen molar-refractivity contribution in [1.82, 2.24) is 35.5 Å². The Labute approximate surface area is 308 Å². The van der Waals surface area contributed by atoms with Crippen LogP contribution in [0.3, 0.4) is 0 Å². The number of aliphatic hydroxyl groups is 1. The third kappa shape index (κ3) is 6.58. The van der Waals surface area contributed by atoms with Crippen molar-refractivity contribution in [3.05, 3.63) is 101 Å². The Morgan fingerprint density at radius 2 is 1.73 bits per heavy atom. The van der Waals surface area contributed by atoms with Gasteiger partial charge in [-0.05, 0) is 83.6 Å². The van der Waals surface area contributed by atoms with Crippen molar-refractivity contribution in [1.29, 1.82) is 0 Å². The van der Waals surface area contributed by atoms with Gasteiger partial charge in [-0.25, -0.2) is 4.98 Å². The number of H-pyrrole nitrogens is 1. The predicted molar refractivity (Wildman–Crippen MR) is 211 cm³/mol. The van der Waals surface area contributed by atoms with Crippen LogP contribution in [-0.4, -0.2) is 61.8 Å². The largest absolute Gasteiger partial charge is 0.543 e. The predicted octanol–water partition coefficient (Wildman–Crippen LogP) is 7.77. The summed E-state index contributed by atoms with van der Waals surface area (Å²) in [6, 6.07) is 20.9. The maximum absolute atomic E-state index is 11.5. The van der Waals surface area contributed by atoms with Gasteiger partial charge < -0.3 is 20.6 Å². The van der Waals surface area contributed by atoms with Crippen LogP contribution in [0.5, 0.6) is 5.75 Å². The van der Waals surface area contributed by atoms with E-state index in [0.717, 1.165) is 60.1 Å². The first-order chi connectivity index (χ1) is 24.9. The second kappa shape index (κ2) is 14.2. The Balaban J connectivity index is 1.14. The zero-order valence-corrected chi connectivity index (χ0v) is 32.4. The highest BCUT2D eigenvalue weighted by Crippen LogP contribution is 2.53. The van der Waals surface area contributed by atoms with Crippen LogP contribution in [0.2, 0.25) is 16.6 Å². The average molecular weight is 719 g/mol. The number of anilines is 1. The molecular formula is C41H54N8O2Si. The first kappa shape index (κ1) is 36.1. The van der Waals surface area contributed by atoms with Crippen molar-refractivity contribution in [3.63, 3.8) is 0 Å². The molecule has 3 aliphatic rings. The molecule has 0 saturated heterocycles. The molecule has 5 N–H and O–H groups in total. The van der Waals surface area contributed by atoms with Gasteiger partial charge in [0.05, 0.1) is 18.8 Å². The van der Waals surface area contributed by atoms with E-state index in [9.17, 15) is 5.11 Å². The number of rotatable bonds is 13. The number of nitrogens with zero attached hydrogens (tertiary/aromatic N) is 5. The molecule has 0 aliphatic heterocycles. The van der Waals surface area contributed by atoms with Gasteiger partial charge in [-0.1, -0.05) is 90.1 Å². The van der Waals surface area contributed by atoms with Gasteiger partial charge in [0.2, 0.25) is 5.65 Å². The number of hydrogen-bond acceptors (Lipinski definition) is 8. The summed E-state index contributed by atoms with van der Waals surface area (Å²) in [6.45, 7) is 15.1. The number of hydrogen-bond donors (Lipinski definition) is 4. The molecule has 0 radical (unpaired) electrons. The van der Waals surface area contributed by atoms with Crippen LogP contribution < -0.4 is 15.5 Å². The van der Waals surface area contributed by atoms with Crippen molar-refractivity contribution in [2.75, 3.05) is 12.3 Å². The highest BCUT2D eigenvalue weighted by Gasteiger charge is 2.54. The summed E-state index contributed by atoms with van der Waals surface area (Å²) < 4.78 is 8.97. The van der Waals surface area contributed by atoms with E-state index < -0.39 is 8.32 Å². The standard InChI is InChI=1S/C41H54N8O2Si/c1-27(2)52(28(3)4,29(5)6)51-33-14-10-11-30(21-33)25-49-26-31(24-44-49)34(35-22-37(42)45-39-38(35)46-48-47-39)15-20-43-40-16-18-41(19-17-40,36(50)23-40)32-12-8-7-9-13-32/h7-15,21-22,24,26-29,36,43,50H,16-20,23,25H2,1-6H3,(H3,42,45,46,47,48)/b34-15+/t36-,40?,41?/m1/s1. The third-order valence-corrected chi connectivity index (χ3v) is 18.2. The Morgan fingerprint density at radius 3 is 2.42 bits per heavy atom. The molecule has 11 heteroatoms. The Morgan fingerprint density at radius 1 is 1.00 bits per heavy atom. The summed E-state index contributed by atoms with van der Waals surface area (Å²) in [5, 5.41) is 31.6. The van der Waals surface area contributed by atoms with Crippen molar-refractivity contribution in [2.45, 2.75) is 114 Å². The van der Waals surface area contributed by atoms with Crippen LogP contribution in [0.15, 0.2) is 79.1 Å². The number of aromatic amines is 1. The lowest BCUT2D eigenvalue weighted by atomic mass is 9.53. The molecule has 3 fully saturated rings. The van der Waals surface area contributed by atoms with Crippen LogP contribution in [0, 0.1) is 0 Å². The molecule has 10 nitrogen and oxygen atoms in total. The second-order valence-electron chi connectivity index (χ2n) is 16.1. The lowest BCUT2D eigenvalue weighted by molar-refractivity contribution is -0.0485. The lowest BCUT2D eigenvalue weighted by Crippen LogP contribution is -2.62. The van der Waals surface area contributed by atoms with Gasteiger partial charge in [0, 0.05) is 34.8 Å². The summed E-state index contributed by atoms with van der Waals surface area (Å²) in [5.74, 6) is 1.32. The molecule has 3 aliphatic carbocycles. The molecule has 0 amide bonds. The average Bonchev–Trinajstić information content (AvgIpc) is 3.79. The highest BCUT2D eigenvalue weighted by molar-refractivity contribution is 6.78. The minimum absolute atomic E-state index is 0.115. The summed E-state index contributed by atoms with van der Waals surface area (Å²) in [4.78, 5) is 4.39. The molecule has 0 unspecified atom stereocenters. The van der Waals surface area contributed by atoms with E-state index >= 15 is 0 Å². The number of fused-ring (bicyclic) bond motifs is 4. The summed E-state index contributed by atoms with van der Waals surface area (Å²) in [5.41, 5.74) is 13.8. The maximum atomic E-state index is 11.5. The van der Waals surface area contributed by atoms with Crippen molar-refractivity contribution >= 4 is 30.9 Å². The molecular weight excluding hydrogens is 665 g/mol. The fourth-order valence-corrected chi connectivity index (χ4v) is 14.9. The van der Waals surface area contributed by atoms with Crippen molar-refractivity contribution in [3.8, 4) is 5.75 Å². The van der Waals surface area contributed by atoms with Gasteiger partial charge in [0.15, 0.2) is 0 Å². The quantitative estimate of drug-likeness (QED) is 0.0906. The zero-order valence-electron chi connectivity index (χ0n) is 31.4. The molecule has 0 spiro atoms. The Hall–Kier alpha value is -4.32. The molecule has 5 aromatic rings. The Bertz CT molecular complexity index is 2000. The lowest BCUT2D eigenvalue weighted by Gasteiger charge is -2.56. The number of aliphatic hydroxyl groups excluding tert-OH is 1. The number of pyridine rings is 1. The van der Waals surface area contributed by atoms with Gasteiger partial charge in [-0.3, -0.25) is 4.68 Å². The minimum atomic E-state index is -2.09. The SMILES string of the molecule is CC(C)[Si](Oc1cccc(Cn2cc(/C(=C\CNC34CCC(c5ccccc5)(CC3)[C@H](O)C4)c3cc(N)nc4n[nH]nc34)cn2)c1)(C(C)C)C(C)C. The van der Waals surface area contributed by atoms with E-state index in [0.29, 0.717) is 46.7 Å². The molecule has 3 aromatic heterocycles. The third-order valence-electron chi connectivity index (χ3n) is 12.2. The van der Waals surface area contributed by atoms with Crippen LogP contribution >= 0.6 is 0 Å². The molecule has 52 heavy (non-hydrogen) atoms. The number of nitrogen functional groups attached to an aromatic ring is 1. The molecule has 8 rings (SSSR count). The molecule has 3 heterocycles. The molecule has 274 valence electrons. The molecule has 1 atom stereocenters. The van der Waals surface area contributed by atoms with Gasteiger partial charge in [0.1, 0.15) is 17.1 Å². The van der Waals surface area contributed by atoms with E-state index in [2.05, 4.69) is 128 Å². The van der Waals surface area contributed by atoms with Crippen LogP contribution in [0.1, 0.15) is 95.9 Å². The fraction of sp³-hybridized carbons (Fsp3) is 0.463. The van der Waals surface area contributed by atoms with Crippen molar-refractivity contribution in [2.24, 2.45) is 0 Å². The minimum Gasteiger partial charge on any atom is -0.543 e. The van der Waals surface area contributed by atoms with E-state index in [1.54, 1.807) is 0 Å². The van der Waals surface area contributed by atoms with Gasteiger partial charge in [-0.15, -0.1) is 5.10 Å². The maximum Gasteiger partial charge on any atom is 0.258 e. The fourth-order valence-electron chi connectivity index (χ4n) is 9.63. The summed E-state index contributed by atoms with van der Waals surface area (Å²) in [6.07, 6.45) is 10.5. The van der Waals surface area contributed by atoms with Crippen LogP contribution in [-0.2, 0) is 12.0 Å². The number of nitrogens with one attached hydrogen (secondary N) is 2. The van der Waals surface area contributed by atoms with Gasteiger partial charge in [0.25, 0.3) is 8.32 Å². The summed E-state index contributed by atoms with van der Waals surface area (Å²) >= 11 is 0. The second-order valence-corrected chi connectivity index (χ2v) is 21.5. The van der Waals surface area contributed by atoms with Gasteiger partial charge >= 0.3 is 0 Å². The van der Waals surface area contributed by atoms with E-state index in [1.807, 2.05) is 23.0 Å². The van der Waals surface area contributed by atoms with E-state index in [-0.39, 0.29) is 17.1 Å². The topological polar surface area (TPSA) is 140 Å². The number of aromatic nitrogens is 6. The summed E-state index contributed by atoms with van der Waals surface area (Å²) in [7, 11) is -2.09.